The molecule has 0 aliphatic carbocycles. The predicted molar refractivity (Wildman–Crippen MR) is 50.7 cm³/mol. The summed E-state index contributed by atoms with van der Waals surface area (Å²) in [4.78, 5) is 25.8. The van der Waals surface area contributed by atoms with E-state index in [2.05, 4.69) is 5.32 Å². The fourth-order valence-corrected chi connectivity index (χ4v) is 1.98. The molecule has 5 nitrogen and oxygen atoms in total. The topological polar surface area (TPSA) is 52.7 Å². The van der Waals surface area contributed by atoms with Crippen LogP contribution in [0.3, 0.4) is 0 Å². The molecule has 0 aromatic heterocycles. The number of urea groups is 1. The smallest absolute Gasteiger partial charge is 0.318 e. The van der Waals surface area contributed by atoms with Crippen molar-refractivity contribution in [3.63, 3.8) is 0 Å². The van der Waals surface area contributed by atoms with Crippen LogP contribution in [0.4, 0.5) is 4.79 Å². The van der Waals surface area contributed by atoms with Crippen molar-refractivity contribution < 1.29 is 9.59 Å². The zero-order valence-corrected chi connectivity index (χ0v) is 8.32. The molecule has 5 heteroatoms. The Hall–Kier alpha value is -1.10. The Morgan fingerprint density at radius 3 is 2.79 bits per heavy atom. The molecule has 0 saturated carbocycles. The molecule has 0 aromatic rings. The van der Waals surface area contributed by atoms with E-state index in [0.29, 0.717) is 12.5 Å². The van der Waals surface area contributed by atoms with Gasteiger partial charge in [-0.25, -0.2) is 4.79 Å². The molecule has 0 spiro atoms. The number of carbonyl (C=O) groups excluding carboxylic acids is 2. The van der Waals surface area contributed by atoms with Gasteiger partial charge in [-0.2, -0.15) is 0 Å². The molecule has 78 valence electrons. The van der Waals surface area contributed by atoms with E-state index >= 15 is 0 Å². The maximum atomic E-state index is 11.5. The van der Waals surface area contributed by atoms with E-state index in [1.807, 2.05) is 0 Å². The van der Waals surface area contributed by atoms with Crippen LogP contribution in [0, 0.1) is 5.92 Å². The van der Waals surface area contributed by atoms with Gasteiger partial charge in [0.25, 0.3) is 0 Å². The van der Waals surface area contributed by atoms with Crippen molar-refractivity contribution in [3.05, 3.63) is 0 Å². The van der Waals surface area contributed by atoms with Crippen molar-refractivity contribution >= 4 is 11.9 Å². The summed E-state index contributed by atoms with van der Waals surface area (Å²) in [6.45, 7) is 2.73. The Morgan fingerprint density at radius 1 is 1.50 bits per heavy atom. The van der Waals surface area contributed by atoms with Crippen molar-refractivity contribution in [2.75, 3.05) is 33.2 Å². The minimum Gasteiger partial charge on any atom is -0.318 e. The summed E-state index contributed by atoms with van der Waals surface area (Å²) in [5, 5.41) is 3.22. The highest BCUT2D eigenvalue weighted by Gasteiger charge is 2.35. The Labute approximate surface area is 83.0 Å². The van der Waals surface area contributed by atoms with Crippen LogP contribution in [0.25, 0.3) is 0 Å². The third kappa shape index (κ3) is 1.59. The summed E-state index contributed by atoms with van der Waals surface area (Å²) in [5.41, 5.74) is 0. The zero-order chi connectivity index (χ0) is 10.1. The average Bonchev–Trinajstić information content (AvgIpc) is 2.71. The molecular weight excluding hydrogens is 182 g/mol. The van der Waals surface area contributed by atoms with E-state index in [0.717, 1.165) is 19.5 Å². The normalized spacial score (nSPS) is 27.9. The van der Waals surface area contributed by atoms with Crippen molar-refractivity contribution in [2.24, 2.45) is 5.92 Å². The minimum atomic E-state index is -0.151. The highest BCUT2D eigenvalue weighted by Crippen LogP contribution is 2.14. The highest BCUT2D eigenvalue weighted by atomic mass is 16.2. The fourth-order valence-electron chi connectivity index (χ4n) is 1.98. The number of imide groups is 1. The van der Waals surface area contributed by atoms with Gasteiger partial charge in [-0.1, -0.05) is 0 Å². The second-order valence-electron chi connectivity index (χ2n) is 4.00. The number of nitrogens with zero attached hydrogens (tertiary/aromatic N) is 2. The summed E-state index contributed by atoms with van der Waals surface area (Å²) in [5.74, 6) is 0.374. The third-order valence-electron chi connectivity index (χ3n) is 2.83. The van der Waals surface area contributed by atoms with Gasteiger partial charge in [0.1, 0.15) is 6.54 Å². The maximum Gasteiger partial charge on any atom is 0.326 e. The molecule has 2 aliphatic rings. The van der Waals surface area contributed by atoms with Gasteiger partial charge in [-0.05, 0) is 25.4 Å². The van der Waals surface area contributed by atoms with E-state index in [1.54, 1.807) is 7.05 Å². The molecule has 0 radical (unpaired) electrons. The molecule has 2 aliphatic heterocycles. The number of amides is 3. The lowest BCUT2D eigenvalue weighted by molar-refractivity contribution is -0.125. The molecule has 2 saturated heterocycles. The zero-order valence-electron chi connectivity index (χ0n) is 8.32. The van der Waals surface area contributed by atoms with Crippen molar-refractivity contribution in [1.82, 2.24) is 15.1 Å². The van der Waals surface area contributed by atoms with Crippen LogP contribution in [0.2, 0.25) is 0 Å². The van der Waals surface area contributed by atoms with Crippen LogP contribution in [0.1, 0.15) is 6.42 Å². The lowest BCUT2D eigenvalue weighted by Crippen LogP contribution is -2.36. The molecule has 0 aromatic carbocycles. The molecule has 2 heterocycles. The fraction of sp³-hybridized carbons (Fsp3) is 0.778. The molecule has 14 heavy (non-hydrogen) atoms. The van der Waals surface area contributed by atoms with Crippen molar-refractivity contribution in [2.45, 2.75) is 6.42 Å². The molecule has 2 fully saturated rings. The van der Waals surface area contributed by atoms with Crippen molar-refractivity contribution in [1.29, 1.82) is 0 Å². The first-order chi connectivity index (χ1) is 6.68. The maximum absolute atomic E-state index is 11.5. The second kappa shape index (κ2) is 3.57. The van der Waals surface area contributed by atoms with Gasteiger partial charge in [0.15, 0.2) is 0 Å². The van der Waals surface area contributed by atoms with Crippen LogP contribution in [0.15, 0.2) is 0 Å². The number of nitrogens with one attached hydrogen (secondary N) is 1. The van der Waals surface area contributed by atoms with Gasteiger partial charge in [-0.3, -0.25) is 9.69 Å². The third-order valence-corrected chi connectivity index (χ3v) is 2.83. The van der Waals surface area contributed by atoms with Crippen LogP contribution >= 0.6 is 0 Å². The van der Waals surface area contributed by atoms with Crippen LogP contribution in [0.5, 0.6) is 0 Å². The van der Waals surface area contributed by atoms with E-state index < -0.39 is 0 Å². The first-order valence-corrected chi connectivity index (χ1v) is 4.94. The molecule has 3 amide bonds. The molecule has 1 unspecified atom stereocenters. The molecule has 1 atom stereocenters. The largest absolute Gasteiger partial charge is 0.326 e. The Kier molecular flexibility index (Phi) is 2.41. The molecule has 0 bridgehead atoms. The van der Waals surface area contributed by atoms with E-state index in [9.17, 15) is 9.59 Å². The Bertz CT molecular complexity index is 261. The first-order valence-electron chi connectivity index (χ1n) is 4.94. The standard InChI is InChI=1S/C9H15N3O2/c1-11-6-8(13)12(9(11)14)5-7-2-3-10-4-7/h7,10H,2-6H2,1H3. The van der Waals surface area contributed by atoms with Gasteiger partial charge in [-0.15, -0.1) is 0 Å². The van der Waals surface area contributed by atoms with Gasteiger partial charge in [0.2, 0.25) is 5.91 Å². The predicted octanol–water partition coefficient (Wildman–Crippen LogP) is -0.510. The van der Waals surface area contributed by atoms with E-state index in [4.69, 9.17) is 0 Å². The summed E-state index contributed by atoms with van der Waals surface area (Å²) in [6, 6.07) is -0.151. The number of hydrogen-bond acceptors (Lipinski definition) is 3. The summed E-state index contributed by atoms with van der Waals surface area (Å²) >= 11 is 0. The van der Waals surface area contributed by atoms with Gasteiger partial charge < -0.3 is 10.2 Å². The average molecular weight is 197 g/mol. The lowest BCUT2D eigenvalue weighted by Gasteiger charge is -2.17. The van der Waals surface area contributed by atoms with E-state index in [1.165, 1.54) is 9.80 Å². The molecular formula is C9H15N3O2. The molecule has 2 rings (SSSR count). The summed E-state index contributed by atoms with van der Waals surface area (Å²) in [6.07, 6.45) is 1.06. The summed E-state index contributed by atoms with van der Waals surface area (Å²) < 4.78 is 0. The van der Waals surface area contributed by atoms with E-state index in [-0.39, 0.29) is 18.5 Å². The monoisotopic (exact) mass is 197 g/mol. The van der Waals surface area contributed by atoms with Gasteiger partial charge in [0, 0.05) is 13.6 Å². The summed E-state index contributed by atoms with van der Waals surface area (Å²) in [7, 11) is 1.66. The molecule has 1 N–H and O–H groups in total. The number of rotatable bonds is 2. The number of likely N-dealkylation sites (N-methyl/N-ethyl adjacent to an activating group) is 1. The highest BCUT2D eigenvalue weighted by molar-refractivity contribution is 6.01. The van der Waals surface area contributed by atoms with Crippen molar-refractivity contribution in [3.8, 4) is 0 Å². The lowest BCUT2D eigenvalue weighted by atomic mass is 10.1. The second-order valence-corrected chi connectivity index (χ2v) is 4.00. The Morgan fingerprint density at radius 2 is 2.29 bits per heavy atom. The number of hydrogen-bond donors (Lipinski definition) is 1. The van der Waals surface area contributed by atoms with Crippen LogP contribution < -0.4 is 5.32 Å². The van der Waals surface area contributed by atoms with Gasteiger partial charge >= 0.3 is 6.03 Å². The quantitative estimate of drug-likeness (QED) is 0.607. The van der Waals surface area contributed by atoms with Gasteiger partial charge in [0.05, 0.1) is 0 Å². The van der Waals surface area contributed by atoms with Crippen LogP contribution in [-0.2, 0) is 4.79 Å². The SMILES string of the molecule is CN1CC(=O)N(CC2CCNC2)C1=O. The number of carbonyl (C=O) groups is 2. The minimum absolute atomic E-state index is 0.0654. The first kappa shape index (κ1) is 9.45. The Balaban J connectivity index is 1.96. The van der Waals surface area contributed by atoms with Crippen LogP contribution in [-0.4, -0.2) is 55.0 Å².